The first-order valence-corrected chi connectivity index (χ1v) is 9.83. The highest BCUT2D eigenvalue weighted by atomic mass is 16.6. The lowest BCUT2D eigenvalue weighted by Gasteiger charge is -2.06. The quantitative estimate of drug-likeness (QED) is 0.232. The van der Waals surface area contributed by atoms with Gasteiger partial charge in [-0.3, -0.25) is 9.78 Å². The Bertz CT molecular complexity index is 1450. The number of nitro groups is 1. The number of ether oxygens (including phenoxy) is 1. The molecule has 0 saturated carbocycles. The van der Waals surface area contributed by atoms with Gasteiger partial charge < -0.3 is 14.9 Å². The summed E-state index contributed by atoms with van der Waals surface area (Å²) in [6, 6.07) is 19.0. The Morgan fingerprint density at radius 3 is 2.79 bits per heavy atom. The van der Waals surface area contributed by atoms with E-state index < -0.39 is 10.5 Å². The monoisotopic (exact) mass is 456 g/mol. The van der Waals surface area contributed by atoms with Gasteiger partial charge in [0.05, 0.1) is 29.3 Å². The average Bonchev–Trinajstić information content (AvgIpc) is 3.33. The summed E-state index contributed by atoms with van der Waals surface area (Å²) < 4.78 is 6.90. The first kappa shape index (κ1) is 21.9. The molecule has 0 radical (unpaired) electrons. The number of benzene rings is 2. The fourth-order valence-corrected chi connectivity index (χ4v) is 2.95. The van der Waals surface area contributed by atoms with Crippen LogP contribution < -0.4 is 15.7 Å². The van der Waals surface area contributed by atoms with E-state index >= 15 is 0 Å². The van der Waals surface area contributed by atoms with E-state index in [-0.39, 0.29) is 29.8 Å². The molecule has 0 amide bonds. The number of nitrogens with one attached hydrogen (secondary N) is 2. The molecule has 12 nitrogen and oxygen atoms in total. The normalized spacial score (nSPS) is 10.7. The van der Waals surface area contributed by atoms with Gasteiger partial charge in [0.1, 0.15) is 17.4 Å². The van der Waals surface area contributed by atoms with E-state index in [1.54, 1.807) is 48.5 Å². The second-order valence-electron chi connectivity index (χ2n) is 6.80. The van der Waals surface area contributed by atoms with Crippen LogP contribution >= 0.6 is 0 Å². The van der Waals surface area contributed by atoms with Gasteiger partial charge in [-0.05, 0) is 22.6 Å². The van der Waals surface area contributed by atoms with Crippen LogP contribution in [0.1, 0.15) is 11.1 Å². The van der Waals surface area contributed by atoms with Crippen LogP contribution in [0, 0.1) is 21.4 Å². The highest BCUT2D eigenvalue weighted by molar-refractivity contribution is 5.80. The zero-order valence-electron chi connectivity index (χ0n) is 17.5. The number of aromatic nitrogens is 4. The highest BCUT2D eigenvalue weighted by Gasteiger charge is 2.13. The second-order valence-corrected chi connectivity index (χ2v) is 6.80. The number of aromatic amines is 1. The van der Waals surface area contributed by atoms with E-state index in [1.165, 1.54) is 23.2 Å². The zero-order chi connectivity index (χ0) is 23.9. The van der Waals surface area contributed by atoms with Gasteiger partial charge in [0, 0.05) is 5.56 Å². The molecule has 12 heteroatoms. The maximum Gasteiger partial charge on any atom is 0.390 e. The SMILES string of the molecule is N#Cc1c(-c2ccccc2)nc(NN=Cc2cccc(OCn3ccc([N+](=O)[O-])n3)c2)[nH]c1=O. The van der Waals surface area contributed by atoms with Gasteiger partial charge in [-0.25, -0.2) is 10.4 Å². The van der Waals surface area contributed by atoms with Crippen molar-refractivity contribution >= 4 is 18.0 Å². The molecule has 2 aromatic heterocycles. The van der Waals surface area contributed by atoms with Crippen LogP contribution in [0.15, 0.2) is 76.8 Å². The summed E-state index contributed by atoms with van der Waals surface area (Å²) in [6.45, 7) is -0.00858. The van der Waals surface area contributed by atoms with Crippen molar-refractivity contribution in [3.8, 4) is 23.1 Å². The molecule has 168 valence electrons. The van der Waals surface area contributed by atoms with Gasteiger partial charge in [-0.1, -0.05) is 42.5 Å². The Balaban J connectivity index is 1.45. The molecule has 0 saturated heterocycles. The van der Waals surface area contributed by atoms with E-state index in [1.807, 2.05) is 12.1 Å². The van der Waals surface area contributed by atoms with Crippen molar-refractivity contribution in [2.75, 3.05) is 5.43 Å². The molecule has 4 rings (SSSR count). The number of rotatable bonds is 8. The number of H-pyrrole nitrogens is 1. The molecule has 2 N–H and O–H groups in total. The van der Waals surface area contributed by atoms with Crippen LogP contribution in [0.5, 0.6) is 5.75 Å². The van der Waals surface area contributed by atoms with E-state index in [9.17, 15) is 20.2 Å². The van der Waals surface area contributed by atoms with Crippen LogP contribution in [0.2, 0.25) is 0 Å². The third-order valence-corrected chi connectivity index (χ3v) is 4.50. The van der Waals surface area contributed by atoms with Crippen molar-refractivity contribution in [1.82, 2.24) is 19.7 Å². The Kier molecular flexibility index (Phi) is 6.36. The van der Waals surface area contributed by atoms with Gasteiger partial charge in [0.25, 0.3) is 5.56 Å². The summed E-state index contributed by atoms with van der Waals surface area (Å²) in [4.78, 5) is 29.2. The van der Waals surface area contributed by atoms with Gasteiger partial charge >= 0.3 is 5.82 Å². The van der Waals surface area contributed by atoms with Crippen LogP contribution in [-0.4, -0.2) is 30.9 Å². The molecule has 2 aromatic carbocycles. The predicted molar refractivity (Wildman–Crippen MR) is 122 cm³/mol. The minimum Gasteiger partial charge on any atom is -0.469 e. The Hall–Kier alpha value is -5.31. The van der Waals surface area contributed by atoms with E-state index in [2.05, 4.69) is 25.6 Å². The first-order chi connectivity index (χ1) is 16.5. The largest absolute Gasteiger partial charge is 0.469 e. The number of nitriles is 1. The lowest BCUT2D eigenvalue weighted by Crippen LogP contribution is -2.16. The maximum absolute atomic E-state index is 12.3. The topological polar surface area (TPSA) is 164 Å². The summed E-state index contributed by atoms with van der Waals surface area (Å²) in [5.41, 5.74) is 3.55. The Morgan fingerprint density at radius 2 is 2.06 bits per heavy atom. The molecular formula is C22H16N8O4. The smallest absolute Gasteiger partial charge is 0.390 e. The van der Waals surface area contributed by atoms with E-state index in [4.69, 9.17) is 4.74 Å². The third kappa shape index (κ3) is 5.11. The predicted octanol–water partition coefficient (Wildman–Crippen LogP) is 2.90. The Morgan fingerprint density at radius 1 is 1.24 bits per heavy atom. The summed E-state index contributed by atoms with van der Waals surface area (Å²) in [5, 5.41) is 27.9. The number of anilines is 1. The van der Waals surface area contributed by atoms with Gasteiger partial charge in [0.15, 0.2) is 0 Å². The number of hydrazone groups is 1. The van der Waals surface area contributed by atoms with Crippen molar-refractivity contribution in [3.63, 3.8) is 0 Å². The molecule has 34 heavy (non-hydrogen) atoms. The lowest BCUT2D eigenvalue weighted by atomic mass is 10.1. The second kappa shape index (κ2) is 9.88. The first-order valence-electron chi connectivity index (χ1n) is 9.83. The molecule has 0 atom stereocenters. The van der Waals surface area contributed by atoms with Gasteiger partial charge in [-0.2, -0.15) is 10.4 Å². The summed E-state index contributed by atoms with van der Waals surface area (Å²) in [5.74, 6) is 0.311. The van der Waals surface area contributed by atoms with Crippen molar-refractivity contribution in [2.24, 2.45) is 5.10 Å². The molecule has 0 fully saturated rings. The summed E-state index contributed by atoms with van der Waals surface area (Å²) in [7, 11) is 0. The lowest BCUT2D eigenvalue weighted by molar-refractivity contribution is -0.389. The van der Waals surface area contributed by atoms with Crippen molar-refractivity contribution in [3.05, 3.63) is 98.5 Å². The fourth-order valence-electron chi connectivity index (χ4n) is 2.95. The minimum absolute atomic E-state index is 0.00858. The van der Waals surface area contributed by atoms with E-state index in [0.717, 1.165) is 0 Å². The number of hydrogen-bond donors (Lipinski definition) is 2. The van der Waals surface area contributed by atoms with Crippen LogP contribution in [0.3, 0.4) is 0 Å². The Labute approximate surface area is 191 Å². The standard InChI is InChI=1S/C22H16N8O4/c23-12-18-20(16-6-2-1-3-7-16)25-22(26-21(18)31)27-24-13-15-5-4-8-17(11-15)34-14-29-10-9-19(28-29)30(32)33/h1-11,13H,14H2,(H2,25,26,27,31). The molecule has 0 aliphatic rings. The molecule has 0 unspecified atom stereocenters. The maximum atomic E-state index is 12.3. The summed E-state index contributed by atoms with van der Waals surface area (Å²) >= 11 is 0. The van der Waals surface area contributed by atoms with Crippen molar-refractivity contribution in [1.29, 1.82) is 5.26 Å². The zero-order valence-corrected chi connectivity index (χ0v) is 17.5. The number of nitrogens with zero attached hydrogens (tertiary/aromatic N) is 6. The molecular weight excluding hydrogens is 440 g/mol. The minimum atomic E-state index is -0.584. The molecule has 4 aromatic rings. The van der Waals surface area contributed by atoms with Crippen LogP contribution in [-0.2, 0) is 6.73 Å². The molecule has 0 bridgehead atoms. The molecule has 0 spiro atoms. The van der Waals surface area contributed by atoms with Crippen LogP contribution in [0.4, 0.5) is 11.8 Å². The molecule has 0 aliphatic heterocycles. The van der Waals surface area contributed by atoms with Crippen LogP contribution in [0.25, 0.3) is 11.3 Å². The number of hydrogen-bond acceptors (Lipinski definition) is 9. The van der Waals surface area contributed by atoms with Crippen molar-refractivity contribution < 1.29 is 9.66 Å². The summed E-state index contributed by atoms with van der Waals surface area (Å²) in [6.07, 6.45) is 2.94. The van der Waals surface area contributed by atoms with Gasteiger partial charge in [-0.15, -0.1) is 4.68 Å². The average molecular weight is 456 g/mol. The van der Waals surface area contributed by atoms with E-state index in [0.29, 0.717) is 16.9 Å². The molecule has 0 aliphatic carbocycles. The van der Waals surface area contributed by atoms with Crippen molar-refractivity contribution in [2.45, 2.75) is 6.73 Å². The third-order valence-electron chi connectivity index (χ3n) is 4.50. The molecule has 2 heterocycles. The highest BCUT2D eigenvalue weighted by Crippen LogP contribution is 2.19. The fraction of sp³-hybridized carbons (Fsp3) is 0.0455. The van der Waals surface area contributed by atoms with Gasteiger partial charge in [0.2, 0.25) is 12.7 Å².